The average Bonchev–Trinajstić information content (AvgIpc) is 2.21. The van der Waals surface area contributed by atoms with Crippen LogP contribution in [0.2, 0.25) is 0 Å². The zero-order chi connectivity index (χ0) is 8.23. The highest BCUT2D eigenvalue weighted by Gasteiger charge is 2.17. The van der Waals surface area contributed by atoms with Crippen molar-refractivity contribution < 1.29 is 0 Å². The summed E-state index contributed by atoms with van der Waals surface area (Å²) >= 11 is 0. The van der Waals surface area contributed by atoms with Gasteiger partial charge in [-0.05, 0) is 32.1 Å². The smallest absolute Gasteiger partial charge is 0.131 e. The van der Waals surface area contributed by atoms with Gasteiger partial charge in [0.2, 0.25) is 0 Å². The van der Waals surface area contributed by atoms with Crippen LogP contribution in [-0.4, -0.2) is 9.97 Å². The normalized spacial score (nSPS) is 19.3. The third-order valence-corrected chi connectivity index (χ3v) is 2.35. The van der Waals surface area contributed by atoms with Crippen molar-refractivity contribution in [1.29, 1.82) is 0 Å². The summed E-state index contributed by atoms with van der Waals surface area (Å²) in [4.78, 5) is 8.44. The first-order valence-corrected chi connectivity index (χ1v) is 4.46. The molecule has 62 valence electrons. The molecule has 0 aliphatic heterocycles. The van der Waals surface area contributed by atoms with Crippen LogP contribution >= 0.6 is 0 Å². The van der Waals surface area contributed by atoms with Gasteiger partial charge in [-0.1, -0.05) is 0 Å². The van der Waals surface area contributed by atoms with Gasteiger partial charge in [-0.25, -0.2) is 9.97 Å². The number of rotatable bonds is 1. The largest absolute Gasteiger partial charge is 0.240 e. The van der Waals surface area contributed by atoms with E-state index in [0.717, 1.165) is 5.82 Å². The molecule has 2 rings (SSSR count). The van der Waals surface area contributed by atoms with Gasteiger partial charge in [0.1, 0.15) is 5.82 Å². The van der Waals surface area contributed by atoms with Crippen LogP contribution in [0.4, 0.5) is 0 Å². The van der Waals surface area contributed by atoms with Crippen molar-refractivity contribution >= 4 is 0 Å². The molecule has 1 saturated carbocycles. The molecule has 1 aliphatic carbocycles. The lowest BCUT2D eigenvalue weighted by Gasteiger charge is -2.19. The van der Waals surface area contributed by atoms with Crippen LogP contribution in [0.1, 0.15) is 37.4 Å². The van der Waals surface area contributed by atoms with Crippen molar-refractivity contribution in [3.63, 3.8) is 0 Å². The summed E-state index contributed by atoms with van der Waals surface area (Å²) < 4.78 is 0. The summed E-state index contributed by atoms with van der Waals surface area (Å²) in [6.45, 7) is 0. The van der Waals surface area contributed by atoms with Gasteiger partial charge < -0.3 is 0 Å². The first kappa shape index (κ1) is 7.71. The molecule has 0 aromatic carbocycles. The summed E-state index contributed by atoms with van der Waals surface area (Å²) in [7, 11) is 0. The Morgan fingerprint density at radius 3 is 2.50 bits per heavy atom. The fourth-order valence-electron chi connectivity index (χ4n) is 1.67. The van der Waals surface area contributed by atoms with Crippen molar-refractivity contribution in [3.8, 4) is 0 Å². The highest BCUT2D eigenvalue weighted by Crippen LogP contribution is 2.29. The molecule has 1 heterocycles. The number of hydrogen-bond donors (Lipinski definition) is 0. The van der Waals surface area contributed by atoms with Crippen LogP contribution in [0.25, 0.3) is 0 Å². The second-order valence-corrected chi connectivity index (χ2v) is 3.18. The second kappa shape index (κ2) is 3.65. The molecule has 2 radical (unpaired) electrons. The van der Waals surface area contributed by atoms with E-state index in [2.05, 4.69) is 22.5 Å². The van der Waals surface area contributed by atoms with Crippen molar-refractivity contribution in [3.05, 3.63) is 30.7 Å². The zero-order valence-corrected chi connectivity index (χ0v) is 7.03. The second-order valence-electron chi connectivity index (χ2n) is 3.18. The SMILES string of the molecule is [c]1cnc(C2CC[CH]CC2)nc1. The molecular weight excluding hydrogens is 148 g/mol. The van der Waals surface area contributed by atoms with Crippen LogP contribution in [0.3, 0.4) is 0 Å². The Bertz CT molecular complexity index is 227. The highest BCUT2D eigenvalue weighted by atomic mass is 14.9. The maximum Gasteiger partial charge on any atom is 0.131 e. The van der Waals surface area contributed by atoms with E-state index in [1.807, 2.05) is 0 Å². The van der Waals surface area contributed by atoms with Crippen LogP contribution in [0, 0.1) is 12.5 Å². The minimum absolute atomic E-state index is 0.588. The van der Waals surface area contributed by atoms with Gasteiger partial charge in [0.25, 0.3) is 0 Å². The Morgan fingerprint density at radius 2 is 1.83 bits per heavy atom. The molecule has 0 saturated heterocycles. The fourth-order valence-corrected chi connectivity index (χ4v) is 1.67. The Balaban J connectivity index is 2.08. The molecule has 1 aromatic rings. The fraction of sp³-hybridized carbons (Fsp3) is 0.500. The maximum atomic E-state index is 4.22. The predicted octanol–water partition coefficient (Wildman–Crippen LogP) is 2.14. The van der Waals surface area contributed by atoms with Crippen molar-refractivity contribution in [2.75, 3.05) is 0 Å². The first-order chi connectivity index (χ1) is 5.97. The van der Waals surface area contributed by atoms with Crippen molar-refractivity contribution in [1.82, 2.24) is 9.97 Å². The van der Waals surface area contributed by atoms with Gasteiger partial charge in [-0.2, -0.15) is 0 Å². The molecule has 0 N–H and O–H groups in total. The van der Waals surface area contributed by atoms with E-state index >= 15 is 0 Å². The van der Waals surface area contributed by atoms with Crippen LogP contribution in [0.15, 0.2) is 12.4 Å². The van der Waals surface area contributed by atoms with Crippen molar-refractivity contribution in [2.45, 2.75) is 31.6 Å². The third kappa shape index (κ3) is 1.63. The minimum atomic E-state index is 0.588. The first-order valence-electron chi connectivity index (χ1n) is 4.46. The molecule has 12 heavy (non-hydrogen) atoms. The van der Waals surface area contributed by atoms with Gasteiger partial charge in [0.05, 0.1) is 0 Å². The highest BCUT2D eigenvalue weighted by molar-refractivity contribution is 4.99. The van der Waals surface area contributed by atoms with E-state index in [0.29, 0.717) is 5.92 Å². The lowest BCUT2D eigenvalue weighted by Crippen LogP contribution is -2.08. The number of aromatic nitrogens is 2. The van der Waals surface area contributed by atoms with Gasteiger partial charge in [0, 0.05) is 24.4 Å². The van der Waals surface area contributed by atoms with E-state index < -0.39 is 0 Å². The molecule has 0 atom stereocenters. The monoisotopic (exact) mass is 160 g/mol. The lowest BCUT2D eigenvalue weighted by molar-refractivity contribution is 0.490. The molecule has 0 spiro atoms. The molecule has 2 heteroatoms. The van der Waals surface area contributed by atoms with E-state index in [1.54, 1.807) is 12.4 Å². The van der Waals surface area contributed by atoms with E-state index in [4.69, 9.17) is 0 Å². The van der Waals surface area contributed by atoms with Crippen LogP contribution < -0.4 is 0 Å². The van der Waals surface area contributed by atoms with Gasteiger partial charge in [0.15, 0.2) is 0 Å². The van der Waals surface area contributed by atoms with Crippen LogP contribution in [-0.2, 0) is 0 Å². The summed E-state index contributed by atoms with van der Waals surface area (Å²) in [6.07, 6.45) is 10.6. The maximum absolute atomic E-state index is 4.22. The molecular formula is C10H12N2. The standard InChI is InChI=1S/C10H12N2/c1-2-5-9(6-3-1)10-11-7-4-8-12-10/h1,7-9H,2-3,5-6H2. The number of nitrogens with zero attached hydrogens (tertiary/aromatic N) is 2. The Kier molecular flexibility index (Phi) is 2.35. The molecule has 2 nitrogen and oxygen atoms in total. The molecule has 1 aliphatic rings. The summed E-state index contributed by atoms with van der Waals surface area (Å²) in [5, 5.41) is 0. The van der Waals surface area contributed by atoms with Crippen LogP contribution in [0.5, 0.6) is 0 Å². The quantitative estimate of drug-likeness (QED) is 0.629. The predicted molar refractivity (Wildman–Crippen MR) is 46.4 cm³/mol. The summed E-state index contributed by atoms with van der Waals surface area (Å²) in [5.74, 6) is 1.59. The molecule has 0 unspecified atom stereocenters. The van der Waals surface area contributed by atoms with Gasteiger partial charge >= 0.3 is 0 Å². The molecule has 1 fully saturated rings. The molecule has 0 amide bonds. The van der Waals surface area contributed by atoms with E-state index in [1.165, 1.54) is 25.7 Å². The number of hydrogen-bond acceptors (Lipinski definition) is 2. The lowest BCUT2D eigenvalue weighted by atomic mass is 9.89. The van der Waals surface area contributed by atoms with Gasteiger partial charge in [-0.15, -0.1) is 0 Å². The third-order valence-electron chi connectivity index (χ3n) is 2.35. The summed E-state index contributed by atoms with van der Waals surface area (Å²) in [5.41, 5.74) is 0. The zero-order valence-electron chi connectivity index (χ0n) is 7.03. The van der Waals surface area contributed by atoms with Gasteiger partial charge in [-0.3, -0.25) is 0 Å². The molecule has 0 bridgehead atoms. The average molecular weight is 160 g/mol. The van der Waals surface area contributed by atoms with Crippen molar-refractivity contribution in [2.24, 2.45) is 0 Å². The minimum Gasteiger partial charge on any atom is -0.240 e. The van der Waals surface area contributed by atoms with E-state index in [-0.39, 0.29) is 0 Å². The van der Waals surface area contributed by atoms with E-state index in [9.17, 15) is 0 Å². The summed E-state index contributed by atoms with van der Waals surface area (Å²) in [6, 6.07) is 2.84. The molecule has 1 aromatic heterocycles. The Morgan fingerprint density at radius 1 is 1.17 bits per heavy atom. The topological polar surface area (TPSA) is 25.8 Å². The Hall–Kier alpha value is -0.920. The Labute approximate surface area is 73.1 Å².